The lowest BCUT2D eigenvalue weighted by Crippen LogP contribution is -2.26. The predicted octanol–water partition coefficient (Wildman–Crippen LogP) is 4.58. The molecule has 1 aliphatic carbocycles. The van der Waals surface area contributed by atoms with E-state index >= 15 is 0 Å². The van der Waals surface area contributed by atoms with E-state index in [2.05, 4.69) is 23.7 Å². The Morgan fingerprint density at radius 3 is 3.00 bits per heavy atom. The number of hydrogen-bond acceptors (Lipinski definition) is 2. The van der Waals surface area contributed by atoms with Crippen molar-refractivity contribution >= 4 is 11.3 Å². The Morgan fingerprint density at radius 2 is 2.20 bits per heavy atom. The molecule has 1 N–H and O–H groups in total. The summed E-state index contributed by atoms with van der Waals surface area (Å²) < 4.78 is 13.6. The summed E-state index contributed by atoms with van der Waals surface area (Å²) in [5.74, 6) is 0.308. The average Bonchev–Trinajstić information content (AvgIpc) is 2.92. The zero-order valence-electron chi connectivity index (χ0n) is 11.9. The fourth-order valence-electron chi connectivity index (χ4n) is 3.39. The van der Waals surface area contributed by atoms with Crippen LogP contribution in [0.25, 0.3) is 0 Å². The molecule has 3 heteroatoms. The number of thiophene rings is 1. The topological polar surface area (TPSA) is 12.0 Å². The molecule has 2 aromatic rings. The number of rotatable bonds is 3. The second-order valence-electron chi connectivity index (χ2n) is 5.57. The van der Waals surface area contributed by atoms with E-state index in [-0.39, 0.29) is 11.9 Å². The molecule has 0 amide bonds. The normalized spacial score (nSPS) is 19.6. The Morgan fingerprint density at radius 1 is 1.35 bits per heavy atom. The molecular formula is C17H20FNS. The molecule has 0 radical (unpaired) electrons. The third-order valence-corrected chi connectivity index (χ3v) is 5.38. The van der Waals surface area contributed by atoms with Crippen LogP contribution in [0.1, 0.15) is 46.4 Å². The number of nitrogens with one attached hydrogen (secondary N) is 1. The van der Waals surface area contributed by atoms with Crippen LogP contribution in [0.3, 0.4) is 0 Å². The fraction of sp³-hybridized carbons (Fsp3) is 0.412. The SMILES string of the molecule is CNC(c1cc(F)ccc1C)C1CCCc2sccc21. The summed E-state index contributed by atoms with van der Waals surface area (Å²) in [5, 5.41) is 5.61. The van der Waals surface area contributed by atoms with Gasteiger partial charge in [-0.2, -0.15) is 0 Å². The molecule has 20 heavy (non-hydrogen) atoms. The molecule has 106 valence electrons. The highest BCUT2D eigenvalue weighted by Gasteiger charge is 2.29. The number of fused-ring (bicyclic) bond motifs is 1. The molecule has 1 nitrogen and oxygen atoms in total. The maximum absolute atomic E-state index is 13.6. The van der Waals surface area contributed by atoms with Gasteiger partial charge in [0.25, 0.3) is 0 Å². The number of aryl methyl sites for hydroxylation is 2. The van der Waals surface area contributed by atoms with Crippen LogP contribution in [0, 0.1) is 12.7 Å². The van der Waals surface area contributed by atoms with Gasteiger partial charge < -0.3 is 5.32 Å². The molecule has 0 saturated heterocycles. The first-order valence-corrected chi connectivity index (χ1v) is 8.08. The van der Waals surface area contributed by atoms with E-state index in [4.69, 9.17) is 0 Å². The van der Waals surface area contributed by atoms with Crippen molar-refractivity contribution in [2.24, 2.45) is 0 Å². The van der Waals surface area contributed by atoms with Crippen molar-refractivity contribution in [3.05, 3.63) is 57.0 Å². The van der Waals surface area contributed by atoms with Gasteiger partial charge in [0.2, 0.25) is 0 Å². The summed E-state index contributed by atoms with van der Waals surface area (Å²) in [6.45, 7) is 2.07. The molecule has 1 aromatic carbocycles. The second-order valence-corrected chi connectivity index (χ2v) is 6.57. The van der Waals surface area contributed by atoms with Gasteiger partial charge in [-0.1, -0.05) is 6.07 Å². The molecule has 0 fully saturated rings. The smallest absolute Gasteiger partial charge is 0.123 e. The highest BCUT2D eigenvalue weighted by Crippen LogP contribution is 2.42. The number of hydrogen-bond donors (Lipinski definition) is 1. The minimum Gasteiger partial charge on any atom is -0.312 e. The maximum atomic E-state index is 13.6. The van der Waals surface area contributed by atoms with Gasteiger partial charge in [-0.05, 0) is 73.5 Å². The monoisotopic (exact) mass is 289 g/mol. The van der Waals surface area contributed by atoms with E-state index in [1.54, 1.807) is 12.1 Å². The van der Waals surface area contributed by atoms with Crippen LogP contribution in [0.5, 0.6) is 0 Å². The maximum Gasteiger partial charge on any atom is 0.123 e. The minimum atomic E-state index is -0.146. The van der Waals surface area contributed by atoms with Gasteiger partial charge in [-0.3, -0.25) is 0 Å². The highest BCUT2D eigenvalue weighted by atomic mass is 32.1. The highest BCUT2D eigenvalue weighted by molar-refractivity contribution is 7.10. The summed E-state index contributed by atoms with van der Waals surface area (Å²) in [6.07, 6.45) is 3.60. The molecule has 0 spiro atoms. The zero-order chi connectivity index (χ0) is 14.1. The van der Waals surface area contributed by atoms with Gasteiger partial charge >= 0.3 is 0 Å². The third kappa shape index (κ3) is 2.40. The molecule has 0 bridgehead atoms. The molecule has 0 aliphatic heterocycles. The Balaban J connectivity index is 2.01. The standard InChI is InChI=1S/C17H20FNS/c1-11-6-7-12(18)10-15(11)17(19-2)14-4-3-5-16-13(14)8-9-20-16/h6-10,14,17,19H,3-5H2,1-2H3. The van der Waals surface area contributed by atoms with Crippen LogP contribution in [0.4, 0.5) is 4.39 Å². The third-order valence-electron chi connectivity index (χ3n) is 4.39. The van der Waals surface area contributed by atoms with Crippen molar-refractivity contribution in [3.63, 3.8) is 0 Å². The minimum absolute atomic E-state index is 0.146. The summed E-state index contributed by atoms with van der Waals surface area (Å²) in [6, 6.07) is 7.56. The van der Waals surface area contributed by atoms with Crippen molar-refractivity contribution in [1.29, 1.82) is 0 Å². The zero-order valence-corrected chi connectivity index (χ0v) is 12.8. The van der Waals surface area contributed by atoms with E-state index in [1.165, 1.54) is 29.7 Å². The Kier molecular flexibility index (Phi) is 3.90. The van der Waals surface area contributed by atoms with E-state index in [0.29, 0.717) is 5.92 Å². The molecule has 2 unspecified atom stereocenters. The molecule has 1 heterocycles. The summed E-state index contributed by atoms with van der Waals surface area (Å²) in [7, 11) is 1.98. The lowest BCUT2D eigenvalue weighted by atomic mass is 9.79. The molecule has 0 saturated carbocycles. The van der Waals surface area contributed by atoms with Crippen LogP contribution in [0.15, 0.2) is 29.6 Å². The lowest BCUT2D eigenvalue weighted by Gasteiger charge is -2.31. The number of benzene rings is 1. The Labute approximate surface area is 123 Å². The van der Waals surface area contributed by atoms with Gasteiger partial charge in [-0.25, -0.2) is 4.39 Å². The van der Waals surface area contributed by atoms with E-state index in [0.717, 1.165) is 11.1 Å². The van der Waals surface area contributed by atoms with Gasteiger partial charge in [0.1, 0.15) is 5.82 Å². The van der Waals surface area contributed by atoms with Gasteiger partial charge in [-0.15, -0.1) is 11.3 Å². The summed E-state index contributed by atoms with van der Waals surface area (Å²) in [5.41, 5.74) is 3.72. The fourth-order valence-corrected chi connectivity index (χ4v) is 4.38. The quantitative estimate of drug-likeness (QED) is 0.872. The summed E-state index contributed by atoms with van der Waals surface area (Å²) in [4.78, 5) is 1.51. The predicted molar refractivity (Wildman–Crippen MR) is 82.9 cm³/mol. The largest absolute Gasteiger partial charge is 0.312 e. The van der Waals surface area contributed by atoms with Gasteiger partial charge in [0, 0.05) is 16.8 Å². The van der Waals surface area contributed by atoms with E-state index in [1.807, 2.05) is 24.5 Å². The number of halogens is 1. The van der Waals surface area contributed by atoms with Crippen molar-refractivity contribution in [2.45, 2.75) is 38.1 Å². The van der Waals surface area contributed by atoms with Crippen molar-refractivity contribution in [2.75, 3.05) is 7.05 Å². The first-order chi connectivity index (χ1) is 9.70. The second kappa shape index (κ2) is 5.66. The van der Waals surface area contributed by atoms with Gasteiger partial charge in [0.15, 0.2) is 0 Å². The first-order valence-electron chi connectivity index (χ1n) is 7.20. The average molecular weight is 289 g/mol. The van der Waals surface area contributed by atoms with Crippen LogP contribution >= 0.6 is 11.3 Å². The Bertz CT molecular complexity index is 605. The summed E-state index contributed by atoms with van der Waals surface area (Å²) >= 11 is 1.86. The van der Waals surface area contributed by atoms with Crippen LogP contribution < -0.4 is 5.32 Å². The molecule has 1 aliphatic rings. The van der Waals surface area contributed by atoms with Crippen molar-refractivity contribution in [1.82, 2.24) is 5.32 Å². The van der Waals surface area contributed by atoms with Crippen molar-refractivity contribution < 1.29 is 4.39 Å². The van der Waals surface area contributed by atoms with Crippen LogP contribution in [-0.2, 0) is 6.42 Å². The van der Waals surface area contributed by atoms with Crippen LogP contribution in [-0.4, -0.2) is 7.05 Å². The molecule has 2 atom stereocenters. The number of likely N-dealkylation sites (N-methyl/N-ethyl adjacent to an activating group) is 1. The van der Waals surface area contributed by atoms with Crippen molar-refractivity contribution in [3.8, 4) is 0 Å². The van der Waals surface area contributed by atoms with Gasteiger partial charge in [0.05, 0.1) is 0 Å². The lowest BCUT2D eigenvalue weighted by molar-refractivity contribution is 0.425. The van der Waals surface area contributed by atoms with E-state index in [9.17, 15) is 4.39 Å². The molecule has 3 rings (SSSR count). The first kappa shape index (κ1) is 13.8. The van der Waals surface area contributed by atoms with Crippen LogP contribution in [0.2, 0.25) is 0 Å². The Hall–Kier alpha value is -1.19. The van der Waals surface area contributed by atoms with E-state index < -0.39 is 0 Å². The molecule has 1 aromatic heterocycles. The molecular weight excluding hydrogens is 269 g/mol.